The number of nitrogens with zero attached hydrogens (tertiary/aromatic N) is 2. The zero-order valence-corrected chi connectivity index (χ0v) is 12.4. The fourth-order valence-corrected chi connectivity index (χ4v) is 3.37. The average molecular weight is 319 g/mol. The van der Waals surface area contributed by atoms with Crippen molar-refractivity contribution in [2.24, 2.45) is 0 Å². The van der Waals surface area contributed by atoms with E-state index in [0.29, 0.717) is 22.1 Å². The molecule has 0 unspecified atom stereocenters. The van der Waals surface area contributed by atoms with E-state index in [1.165, 1.54) is 17.7 Å². The van der Waals surface area contributed by atoms with Gasteiger partial charge in [0.25, 0.3) is 5.91 Å². The van der Waals surface area contributed by atoms with Crippen molar-refractivity contribution in [2.75, 3.05) is 5.73 Å². The molecule has 0 spiro atoms. The van der Waals surface area contributed by atoms with E-state index in [1.54, 1.807) is 18.3 Å². The van der Waals surface area contributed by atoms with Gasteiger partial charge in [-0.2, -0.15) is 0 Å². The zero-order valence-electron chi connectivity index (χ0n) is 10.8. The molecule has 0 atom stereocenters. The highest BCUT2D eigenvalue weighted by Gasteiger charge is 2.17. The summed E-state index contributed by atoms with van der Waals surface area (Å²) >= 11 is 7.46. The number of amides is 1. The molecule has 0 aliphatic rings. The Balaban J connectivity index is 1.85. The van der Waals surface area contributed by atoms with Crippen LogP contribution >= 0.6 is 22.9 Å². The molecule has 5 nitrogen and oxygen atoms in total. The van der Waals surface area contributed by atoms with Crippen LogP contribution in [0.15, 0.2) is 36.8 Å². The fraction of sp³-hybridized carbons (Fsp3) is 0.0714. The second kappa shape index (κ2) is 5.67. The maximum atomic E-state index is 12.3. The molecule has 1 amide bonds. The van der Waals surface area contributed by atoms with Gasteiger partial charge < -0.3 is 11.1 Å². The normalized spacial score (nSPS) is 10.7. The summed E-state index contributed by atoms with van der Waals surface area (Å²) in [6.45, 7) is 0.322. The lowest BCUT2D eigenvalue weighted by atomic mass is 10.2. The van der Waals surface area contributed by atoms with Crippen molar-refractivity contribution < 1.29 is 4.79 Å². The fourth-order valence-electron chi connectivity index (χ4n) is 1.97. The highest BCUT2D eigenvalue weighted by atomic mass is 35.5. The molecule has 3 N–H and O–H groups in total. The number of anilines is 1. The molecule has 106 valence electrons. The average Bonchev–Trinajstić information content (AvgIpc) is 2.84. The number of nitrogens with one attached hydrogen (secondary N) is 1. The van der Waals surface area contributed by atoms with E-state index in [0.717, 1.165) is 15.8 Å². The van der Waals surface area contributed by atoms with Crippen molar-refractivity contribution in [3.63, 3.8) is 0 Å². The van der Waals surface area contributed by atoms with E-state index in [9.17, 15) is 4.79 Å². The first-order chi connectivity index (χ1) is 10.2. The van der Waals surface area contributed by atoms with Gasteiger partial charge in [0.2, 0.25) is 0 Å². The predicted octanol–water partition coefficient (Wildman–Crippen LogP) is 2.86. The Kier molecular flexibility index (Phi) is 3.72. The van der Waals surface area contributed by atoms with Gasteiger partial charge in [-0.3, -0.25) is 4.79 Å². The molecule has 0 saturated heterocycles. The number of carbonyl (C=O) groups is 1. The molecule has 2 aromatic heterocycles. The maximum absolute atomic E-state index is 12.3. The Labute approximate surface area is 129 Å². The lowest BCUT2D eigenvalue weighted by Gasteiger charge is -2.03. The zero-order chi connectivity index (χ0) is 14.8. The third-order valence-electron chi connectivity index (χ3n) is 2.98. The van der Waals surface area contributed by atoms with Crippen LogP contribution in [-0.4, -0.2) is 15.9 Å². The Morgan fingerprint density at radius 1 is 1.38 bits per heavy atom. The van der Waals surface area contributed by atoms with Crippen molar-refractivity contribution in [3.8, 4) is 0 Å². The third-order valence-corrected chi connectivity index (χ3v) is 4.47. The Morgan fingerprint density at radius 2 is 2.24 bits per heavy atom. The minimum atomic E-state index is -0.233. The molecular formula is C14H11ClN4OS. The van der Waals surface area contributed by atoms with E-state index < -0.39 is 0 Å². The molecule has 0 radical (unpaired) electrons. The summed E-state index contributed by atoms with van der Waals surface area (Å²) in [7, 11) is 0. The number of halogens is 1. The highest BCUT2D eigenvalue weighted by Crippen LogP contribution is 2.37. The van der Waals surface area contributed by atoms with Gasteiger partial charge in [-0.25, -0.2) is 9.97 Å². The monoisotopic (exact) mass is 318 g/mol. The first-order valence-electron chi connectivity index (χ1n) is 6.16. The molecule has 0 saturated carbocycles. The molecule has 3 aromatic rings. The molecule has 0 aliphatic carbocycles. The molecule has 0 fully saturated rings. The number of thiophene rings is 1. The number of fused-ring (bicyclic) bond motifs is 1. The van der Waals surface area contributed by atoms with Crippen molar-refractivity contribution in [1.29, 1.82) is 0 Å². The minimum absolute atomic E-state index is 0.233. The van der Waals surface area contributed by atoms with Crippen LogP contribution in [0.2, 0.25) is 5.02 Å². The van der Waals surface area contributed by atoms with E-state index in [-0.39, 0.29) is 5.91 Å². The van der Waals surface area contributed by atoms with E-state index >= 15 is 0 Å². The molecule has 0 bridgehead atoms. The van der Waals surface area contributed by atoms with Crippen LogP contribution in [0.25, 0.3) is 10.1 Å². The van der Waals surface area contributed by atoms with Crippen LogP contribution in [0.4, 0.5) is 5.69 Å². The summed E-state index contributed by atoms with van der Waals surface area (Å²) in [5.41, 5.74) is 7.20. The van der Waals surface area contributed by atoms with E-state index in [1.807, 2.05) is 12.1 Å². The van der Waals surface area contributed by atoms with Gasteiger partial charge in [0, 0.05) is 16.3 Å². The van der Waals surface area contributed by atoms with Crippen LogP contribution in [-0.2, 0) is 6.54 Å². The number of hydrogen-bond donors (Lipinski definition) is 2. The number of rotatable bonds is 3. The van der Waals surface area contributed by atoms with Gasteiger partial charge in [-0.15, -0.1) is 11.3 Å². The van der Waals surface area contributed by atoms with Crippen LogP contribution in [0.3, 0.4) is 0 Å². The SMILES string of the molecule is Nc1c(C(=O)NCc2ccncn2)sc2cccc(Cl)c12. The third kappa shape index (κ3) is 2.68. The highest BCUT2D eigenvalue weighted by molar-refractivity contribution is 7.21. The van der Waals surface area contributed by atoms with Gasteiger partial charge in [-0.05, 0) is 18.2 Å². The van der Waals surface area contributed by atoms with Crippen LogP contribution in [0.5, 0.6) is 0 Å². The number of nitrogen functional groups attached to an aromatic ring is 1. The molecular weight excluding hydrogens is 308 g/mol. The van der Waals surface area contributed by atoms with Crippen molar-refractivity contribution in [1.82, 2.24) is 15.3 Å². The van der Waals surface area contributed by atoms with Crippen LogP contribution < -0.4 is 11.1 Å². The first-order valence-corrected chi connectivity index (χ1v) is 7.36. The van der Waals surface area contributed by atoms with E-state index in [4.69, 9.17) is 17.3 Å². The largest absolute Gasteiger partial charge is 0.397 e. The quantitative estimate of drug-likeness (QED) is 0.778. The summed E-state index contributed by atoms with van der Waals surface area (Å²) in [5, 5.41) is 4.08. The van der Waals surface area contributed by atoms with Gasteiger partial charge in [0.05, 0.1) is 22.9 Å². The summed E-state index contributed by atoms with van der Waals surface area (Å²) in [6.07, 6.45) is 3.07. The molecule has 1 aromatic carbocycles. The van der Waals surface area contributed by atoms with Crippen molar-refractivity contribution >= 4 is 44.6 Å². The molecule has 2 heterocycles. The second-order valence-corrected chi connectivity index (χ2v) is 5.80. The predicted molar refractivity (Wildman–Crippen MR) is 84.4 cm³/mol. The number of benzene rings is 1. The van der Waals surface area contributed by atoms with Crippen molar-refractivity contribution in [3.05, 3.63) is 52.4 Å². The number of nitrogens with two attached hydrogens (primary N) is 1. The minimum Gasteiger partial charge on any atom is -0.397 e. The number of hydrogen-bond acceptors (Lipinski definition) is 5. The van der Waals surface area contributed by atoms with E-state index in [2.05, 4.69) is 15.3 Å². The molecule has 7 heteroatoms. The van der Waals surface area contributed by atoms with Gasteiger partial charge in [-0.1, -0.05) is 17.7 Å². The summed E-state index contributed by atoms with van der Waals surface area (Å²) in [4.78, 5) is 20.6. The van der Waals surface area contributed by atoms with Crippen molar-refractivity contribution in [2.45, 2.75) is 6.54 Å². The molecule has 21 heavy (non-hydrogen) atoms. The lowest BCUT2D eigenvalue weighted by Crippen LogP contribution is -2.23. The van der Waals surface area contributed by atoms with Gasteiger partial charge in [0.15, 0.2) is 0 Å². The molecule has 0 aliphatic heterocycles. The smallest absolute Gasteiger partial charge is 0.263 e. The Morgan fingerprint density at radius 3 is 2.95 bits per heavy atom. The summed E-state index contributed by atoms with van der Waals surface area (Å²) in [6, 6.07) is 7.23. The Hall–Kier alpha value is -2.18. The number of carbonyl (C=O) groups excluding carboxylic acids is 1. The second-order valence-electron chi connectivity index (χ2n) is 4.34. The topological polar surface area (TPSA) is 80.9 Å². The van der Waals surface area contributed by atoms with Crippen LogP contribution in [0, 0.1) is 0 Å². The first kappa shape index (κ1) is 13.8. The standard InChI is InChI=1S/C14H11ClN4OS/c15-9-2-1-3-10-11(9)12(16)13(21-10)14(20)18-6-8-4-5-17-7-19-8/h1-5,7H,6,16H2,(H,18,20). The lowest BCUT2D eigenvalue weighted by molar-refractivity contribution is 0.0955. The van der Waals surface area contributed by atoms with Crippen LogP contribution in [0.1, 0.15) is 15.4 Å². The summed E-state index contributed by atoms with van der Waals surface area (Å²) in [5.74, 6) is -0.233. The van der Waals surface area contributed by atoms with Gasteiger partial charge >= 0.3 is 0 Å². The maximum Gasteiger partial charge on any atom is 0.263 e. The summed E-state index contributed by atoms with van der Waals surface area (Å²) < 4.78 is 0.896. The Bertz CT molecular complexity index is 803. The molecule has 3 rings (SSSR count). The van der Waals surface area contributed by atoms with Gasteiger partial charge in [0.1, 0.15) is 11.2 Å². The number of aromatic nitrogens is 2.